The van der Waals surface area contributed by atoms with E-state index in [1.807, 2.05) is 36.7 Å². The third-order valence-electron chi connectivity index (χ3n) is 3.77. The van der Waals surface area contributed by atoms with Gasteiger partial charge in [0, 0.05) is 36.2 Å². The van der Waals surface area contributed by atoms with Gasteiger partial charge in [0.05, 0.1) is 0 Å². The van der Waals surface area contributed by atoms with Crippen LogP contribution in [-0.4, -0.2) is 24.9 Å². The van der Waals surface area contributed by atoms with Gasteiger partial charge in [-0.05, 0) is 47.6 Å². The Morgan fingerprint density at radius 1 is 0.519 bits per heavy atom. The molecule has 0 aliphatic rings. The van der Waals surface area contributed by atoms with Gasteiger partial charge in [-0.25, -0.2) is 19.9 Å². The molecule has 3 rings (SSSR count). The number of pyridine rings is 1. The number of hydrogen-bond donors (Lipinski definition) is 0. The Balaban J connectivity index is 0.000000202. The summed E-state index contributed by atoms with van der Waals surface area (Å²) in [5.74, 6) is 1.63. The number of rotatable bonds is 3. The summed E-state index contributed by atoms with van der Waals surface area (Å²) in [7, 11) is 0. The molecule has 27 heavy (non-hydrogen) atoms. The van der Waals surface area contributed by atoms with Crippen LogP contribution in [-0.2, 0) is 0 Å². The zero-order valence-corrected chi connectivity index (χ0v) is 17.2. The molecule has 0 unspecified atom stereocenters. The van der Waals surface area contributed by atoms with Crippen LogP contribution in [0.15, 0.2) is 61.7 Å². The van der Waals surface area contributed by atoms with Crippen LogP contribution < -0.4 is 0 Å². The first-order valence-corrected chi connectivity index (χ1v) is 9.33. The van der Waals surface area contributed by atoms with Crippen LogP contribution in [0.4, 0.5) is 0 Å². The molecule has 0 aliphatic carbocycles. The molecule has 3 aromatic heterocycles. The van der Waals surface area contributed by atoms with Gasteiger partial charge in [0.15, 0.2) is 0 Å². The van der Waals surface area contributed by atoms with E-state index in [1.165, 1.54) is 5.56 Å². The van der Waals surface area contributed by atoms with Crippen LogP contribution in [0.1, 0.15) is 76.2 Å². The molecule has 0 bridgehead atoms. The average Bonchev–Trinajstić information content (AvgIpc) is 2.71. The van der Waals surface area contributed by atoms with E-state index >= 15 is 0 Å². The molecule has 0 spiro atoms. The largest absolute Gasteiger partial charge is 0.265 e. The highest BCUT2D eigenvalue weighted by Gasteiger charge is 1.97. The predicted molar refractivity (Wildman–Crippen MR) is 111 cm³/mol. The summed E-state index contributed by atoms with van der Waals surface area (Å²) in [6.07, 6.45) is 10.3. The molecule has 0 amide bonds. The summed E-state index contributed by atoms with van der Waals surface area (Å²) in [6, 6.07) is 7.96. The molecule has 5 heteroatoms. The van der Waals surface area contributed by atoms with Gasteiger partial charge in [0.25, 0.3) is 0 Å². The van der Waals surface area contributed by atoms with Gasteiger partial charge >= 0.3 is 0 Å². The fourth-order valence-corrected chi connectivity index (χ4v) is 2.03. The monoisotopic (exact) mass is 365 g/mol. The van der Waals surface area contributed by atoms with Crippen LogP contribution >= 0.6 is 0 Å². The van der Waals surface area contributed by atoms with E-state index in [4.69, 9.17) is 0 Å². The topological polar surface area (TPSA) is 64.5 Å². The lowest BCUT2D eigenvalue weighted by molar-refractivity contribution is 0.814. The first-order valence-electron chi connectivity index (χ1n) is 9.33. The normalized spacial score (nSPS) is 10.1. The van der Waals surface area contributed by atoms with E-state index in [1.54, 1.807) is 25.0 Å². The standard InChI is InChI=1S/C8H11N.2C7H10N2/c1-7(2)8-3-5-9-6-4-8;2*1-6(2)7-3-4-8-5-9-7/h3-7H,1-2H3;2*3-6H,1-2H3. The van der Waals surface area contributed by atoms with Crippen molar-refractivity contribution >= 4 is 0 Å². The maximum atomic E-state index is 4.07. The molecule has 0 radical (unpaired) electrons. The van der Waals surface area contributed by atoms with Gasteiger partial charge in [-0.3, -0.25) is 4.98 Å². The summed E-state index contributed by atoms with van der Waals surface area (Å²) in [5, 5.41) is 0. The van der Waals surface area contributed by atoms with E-state index in [2.05, 4.69) is 66.5 Å². The Morgan fingerprint density at radius 3 is 1.15 bits per heavy atom. The highest BCUT2D eigenvalue weighted by atomic mass is 14.8. The molecule has 3 aromatic rings. The van der Waals surface area contributed by atoms with Crippen molar-refractivity contribution in [1.29, 1.82) is 0 Å². The predicted octanol–water partition coefficient (Wildman–Crippen LogP) is 5.41. The minimum absolute atomic E-state index is 0.507. The second-order valence-electron chi connectivity index (χ2n) is 7.01. The molecule has 0 atom stereocenters. The number of nitrogens with zero attached hydrogens (tertiary/aromatic N) is 5. The van der Waals surface area contributed by atoms with Crippen molar-refractivity contribution in [3.63, 3.8) is 0 Å². The Hall–Kier alpha value is -2.69. The molecular formula is C22H31N5. The van der Waals surface area contributed by atoms with Crippen LogP contribution in [0.3, 0.4) is 0 Å². The van der Waals surface area contributed by atoms with Gasteiger partial charge in [0.2, 0.25) is 0 Å². The van der Waals surface area contributed by atoms with Crippen molar-refractivity contribution in [2.45, 2.75) is 59.3 Å². The maximum absolute atomic E-state index is 4.07. The lowest BCUT2D eigenvalue weighted by Gasteiger charge is -2.01. The molecule has 0 fully saturated rings. The summed E-state index contributed by atoms with van der Waals surface area (Å²) in [5.41, 5.74) is 3.56. The summed E-state index contributed by atoms with van der Waals surface area (Å²) < 4.78 is 0. The molecule has 0 saturated heterocycles. The van der Waals surface area contributed by atoms with Crippen molar-refractivity contribution in [2.24, 2.45) is 0 Å². The molecule has 144 valence electrons. The van der Waals surface area contributed by atoms with E-state index in [0.717, 1.165) is 11.4 Å². The zero-order chi connectivity index (χ0) is 20.1. The zero-order valence-electron chi connectivity index (χ0n) is 17.2. The van der Waals surface area contributed by atoms with Crippen LogP contribution in [0.2, 0.25) is 0 Å². The number of aromatic nitrogens is 5. The third kappa shape index (κ3) is 9.54. The van der Waals surface area contributed by atoms with Crippen molar-refractivity contribution in [3.05, 3.63) is 78.7 Å². The lowest BCUT2D eigenvalue weighted by atomic mass is 10.1. The second-order valence-corrected chi connectivity index (χ2v) is 7.01. The quantitative estimate of drug-likeness (QED) is 0.621. The van der Waals surface area contributed by atoms with Crippen molar-refractivity contribution in [2.75, 3.05) is 0 Å². The highest BCUT2D eigenvalue weighted by molar-refractivity contribution is 5.13. The van der Waals surface area contributed by atoms with Crippen LogP contribution in [0.25, 0.3) is 0 Å². The SMILES string of the molecule is CC(C)c1ccncc1.CC(C)c1ccncn1.CC(C)c1ccncn1. The van der Waals surface area contributed by atoms with E-state index < -0.39 is 0 Å². The molecule has 5 nitrogen and oxygen atoms in total. The second kappa shape index (κ2) is 12.6. The van der Waals surface area contributed by atoms with Crippen molar-refractivity contribution in [1.82, 2.24) is 24.9 Å². The smallest absolute Gasteiger partial charge is 0.115 e. The van der Waals surface area contributed by atoms with Gasteiger partial charge in [-0.15, -0.1) is 0 Å². The Morgan fingerprint density at radius 2 is 0.926 bits per heavy atom. The molecule has 3 heterocycles. The lowest BCUT2D eigenvalue weighted by Crippen LogP contribution is -1.90. The van der Waals surface area contributed by atoms with Crippen molar-refractivity contribution < 1.29 is 0 Å². The molecule has 0 aromatic carbocycles. The summed E-state index contributed by atoms with van der Waals surface area (Å²) in [6.45, 7) is 12.8. The molecule has 0 saturated carbocycles. The Labute approximate surface area is 163 Å². The molecule has 0 N–H and O–H groups in total. The van der Waals surface area contributed by atoms with Crippen LogP contribution in [0.5, 0.6) is 0 Å². The van der Waals surface area contributed by atoms with Gasteiger partial charge in [-0.2, -0.15) is 0 Å². The fourth-order valence-electron chi connectivity index (χ4n) is 2.03. The van der Waals surface area contributed by atoms with Gasteiger partial charge in [0.1, 0.15) is 12.7 Å². The summed E-state index contributed by atoms with van der Waals surface area (Å²) in [4.78, 5) is 19.7. The van der Waals surface area contributed by atoms with E-state index in [-0.39, 0.29) is 0 Å². The van der Waals surface area contributed by atoms with Crippen LogP contribution in [0, 0.1) is 0 Å². The van der Waals surface area contributed by atoms with Crippen molar-refractivity contribution in [3.8, 4) is 0 Å². The van der Waals surface area contributed by atoms with E-state index in [9.17, 15) is 0 Å². The van der Waals surface area contributed by atoms with Gasteiger partial charge in [-0.1, -0.05) is 41.5 Å². The maximum Gasteiger partial charge on any atom is 0.115 e. The minimum atomic E-state index is 0.507. The minimum Gasteiger partial charge on any atom is -0.265 e. The highest BCUT2D eigenvalue weighted by Crippen LogP contribution is 2.11. The first-order chi connectivity index (χ1) is 12.9. The Bertz CT molecular complexity index is 610. The average molecular weight is 366 g/mol. The third-order valence-corrected chi connectivity index (χ3v) is 3.77. The Kier molecular flexibility index (Phi) is 10.5. The molecule has 0 aliphatic heterocycles. The first kappa shape index (κ1) is 22.4. The fraction of sp³-hybridized carbons (Fsp3) is 0.409. The van der Waals surface area contributed by atoms with E-state index in [0.29, 0.717) is 17.8 Å². The number of hydrogen-bond acceptors (Lipinski definition) is 5. The van der Waals surface area contributed by atoms with Gasteiger partial charge < -0.3 is 0 Å². The molecular weight excluding hydrogens is 334 g/mol. The summed E-state index contributed by atoms with van der Waals surface area (Å²) >= 11 is 0.